The molecule has 2 aromatic rings. The number of aromatic nitrogens is 1. The van der Waals surface area contributed by atoms with Crippen LogP contribution in [0.2, 0.25) is 0 Å². The smallest absolute Gasteiger partial charge is 0.147 e. The van der Waals surface area contributed by atoms with Crippen LogP contribution in [0.5, 0.6) is 5.75 Å². The number of hydrogen-bond donors (Lipinski definition) is 1. The first kappa shape index (κ1) is 8.17. The largest absolute Gasteiger partial charge is 0.491 e. The Labute approximate surface area is 77.5 Å². The maximum absolute atomic E-state index is 5.56. The van der Waals surface area contributed by atoms with E-state index >= 15 is 0 Å². The molecule has 0 aliphatic carbocycles. The predicted octanol–water partition coefficient (Wildman–Crippen LogP) is 2.88. The van der Waals surface area contributed by atoms with Crippen molar-refractivity contribution >= 4 is 10.9 Å². The Morgan fingerprint density at radius 1 is 1.31 bits per heavy atom. The van der Waals surface area contributed by atoms with Crippen molar-refractivity contribution in [2.45, 2.75) is 13.8 Å². The molecule has 0 saturated carbocycles. The summed E-state index contributed by atoms with van der Waals surface area (Å²) in [6.45, 7) is 4.74. The maximum atomic E-state index is 5.56. The highest BCUT2D eigenvalue weighted by Crippen LogP contribution is 2.28. The van der Waals surface area contributed by atoms with Gasteiger partial charge >= 0.3 is 0 Å². The van der Waals surface area contributed by atoms with Gasteiger partial charge in [0.25, 0.3) is 0 Å². The van der Waals surface area contributed by atoms with E-state index in [4.69, 9.17) is 4.74 Å². The molecule has 0 bridgehead atoms. The lowest BCUT2D eigenvalue weighted by Gasteiger charge is -2.01. The number of nitrogens with one attached hydrogen (secondary N) is 1. The second-order valence-corrected chi connectivity index (χ2v) is 3.06. The first-order valence-corrected chi connectivity index (χ1v) is 4.53. The average Bonchev–Trinajstić information content (AvgIpc) is 2.44. The third-order valence-corrected chi connectivity index (χ3v) is 2.12. The van der Waals surface area contributed by atoms with E-state index in [-0.39, 0.29) is 0 Å². The summed E-state index contributed by atoms with van der Waals surface area (Å²) in [7, 11) is 0. The fourth-order valence-electron chi connectivity index (χ4n) is 1.58. The molecule has 1 aromatic carbocycles. The van der Waals surface area contributed by atoms with Gasteiger partial charge in [-0.05, 0) is 26.0 Å². The van der Waals surface area contributed by atoms with Crippen molar-refractivity contribution in [1.82, 2.24) is 4.98 Å². The minimum absolute atomic E-state index is 0.711. The Hall–Kier alpha value is -1.44. The lowest BCUT2D eigenvalue weighted by Crippen LogP contribution is -1.91. The molecule has 2 rings (SSSR count). The van der Waals surface area contributed by atoms with Crippen LogP contribution in [0, 0.1) is 6.92 Å². The van der Waals surface area contributed by atoms with Crippen LogP contribution in [0.1, 0.15) is 12.6 Å². The van der Waals surface area contributed by atoms with E-state index < -0.39 is 0 Å². The quantitative estimate of drug-likeness (QED) is 0.745. The first-order valence-electron chi connectivity index (χ1n) is 4.53. The molecule has 0 radical (unpaired) electrons. The standard InChI is InChI=1S/C11H13NO/c1-3-13-11-8(2)12-10-7-5-4-6-9(10)11/h4-7,12H,3H2,1-2H3. The maximum Gasteiger partial charge on any atom is 0.147 e. The number of hydrogen-bond acceptors (Lipinski definition) is 1. The lowest BCUT2D eigenvalue weighted by atomic mass is 10.2. The third-order valence-electron chi connectivity index (χ3n) is 2.12. The molecule has 0 aliphatic rings. The van der Waals surface area contributed by atoms with Gasteiger partial charge in [0.05, 0.1) is 12.3 Å². The number of aromatic amines is 1. The van der Waals surface area contributed by atoms with E-state index in [0.717, 1.165) is 17.0 Å². The van der Waals surface area contributed by atoms with Crippen LogP contribution in [-0.4, -0.2) is 11.6 Å². The van der Waals surface area contributed by atoms with E-state index in [9.17, 15) is 0 Å². The Bertz CT molecular complexity index is 417. The number of benzene rings is 1. The number of rotatable bonds is 2. The number of aryl methyl sites for hydroxylation is 1. The number of fused-ring (bicyclic) bond motifs is 1. The number of para-hydroxylation sites is 1. The van der Waals surface area contributed by atoms with Crippen LogP contribution in [0.3, 0.4) is 0 Å². The monoisotopic (exact) mass is 175 g/mol. The van der Waals surface area contributed by atoms with E-state index in [1.54, 1.807) is 0 Å². The van der Waals surface area contributed by atoms with Crippen molar-refractivity contribution < 1.29 is 4.74 Å². The molecule has 2 heteroatoms. The third kappa shape index (κ3) is 1.28. The van der Waals surface area contributed by atoms with Crippen LogP contribution >= 0.6 is 0 Å². The van der Waals surface area contributed by atoms with Gasteiger partial charge in [-0.2, -0.15) is 0 Å². The van der Waals surface area contributed by atoms with Crippen molar-refractivity contribution in [2.75, 3.05) is 6.61 Å². The Balaban J connectivity index is 2.64. The van der Waals surface area contributed by atoms with Crippen molar-refractivity contribution in [3.05, 3.63) is 30.0 Å². The number of H-pyrrole nitrogens is 1. The Morgan fingerprint density at radius 3 is 2.85 bits per heavy atom. The minimum atomic E-state index is 0.711. The summed E-state index contributed by atoms with van der Waals surface area (Å²) in [5, 5.41) is 1.17. The molecule has 0 atom stereocenters. The highest BCUT2D eigenvalue weighted by molar-refractivity contribution is 5.87. The van der Waals surface area contributed by atoms with Crippen LogP contribution in [0.15, 0.2) is 24.3 Å². The summed E-state index contributed by atoms with van der Waals surface area (Å²) < 4.78 is 5.56. The van der Waals surface area contributed by atoms with Gasteiger partial charge in [-0.25, -0.2) is 0 Å². The van der Waals surface area contributed by atoms with Crippen molar-refractivity contribution in [3.63, 3.8) is 0 Å². The van der Waals surface area contributed by atoms with Crippen molar-refractivity contribution in [1.29, 1.82) is 0 Å². The summed E-state index contributed by atoms with van der Waals surface area (Å²) >= 11 is 0. The van der Waals surface area contributed by atoms with Gasteiger partial charge in [-0.15, -0.1) is 0 Å². The van der Waals surface area contributed by atoms with E-state index in [2.05, 4.69) is 17.1 Å². The second kappa shape index (κ2) is 3.13. The molecule has 0 unspecified atom stereocenters. The molecule has 1 heterocycles. The second-order valence-electron chi connectivity index (χ2n) is 3.06. The molecular weight excluding hydrogens is 162 g/mol. The summed E-state index contributed by atoms with van der Waals surface area (Å²) in [4.78, 5) is 3.29. The van der Waals surface area contributed by atoms with Crippen LogP contribution in [0.4, 0.5) is 0 Å². The molecule has 0 aliphatic heterocycles. The summed E-state index contributed by atoms with van der Waals surface area (Å²) in [6.07, 6.45) is 0. The van der Waals surface area contributed by atoms with Gasteiger partial charge in [-0.3, -0.25) is 0 Å². The molecule has 1 N–H and O–H groups in total. The zero-order chi connectivity index (χ0) is 9.26. The van der Waals surface area contributed by atoms with E-state index in [0.29, 0.717) is 6.61 Å². The fraction of sp³-hybridized carbons (Fsp3) is 0.273. The van der Waals surface area contributed by atoms with Crippen molar-refractivity contribution in [3.8, 4) is 5.75 Å². The highest BCUT2D eigenvalue weighted by Gasteiger charge is 2.07. The Kier molecular flexibility index (Phi) is 1.97. The normalized spacial score (nSPS) is 10.6. The molecule has 1 aromatic heterocycles. The van der Waals surface area contributed by atoms with E-state index in [1.807, 2.05) is 26.0 Å². The lowest BCUT2D eigenvalue weighted by molar-refractivity contribution is 0.342. The summed E-state index contributed by atoms with van der Waals surface area (Å²) in [5.41, 5.74) is 2.24. The molecule has 68 valence electrons. The van der Waals surface area contributed by atoms with Gasteiger partial charge in [0.15, 0.2) is 0 Å². The van der Waals surface area contributed by atoms with Gasteiger partial charge in [0.1, 0.15) is 5.75 Å². The van der Waals surface area contributed by atoms with Gasteiger partial charge in [0.2, 0.25) is 0 Å². The highest BCUT2D eigenvalue weighted by atomic mass is 16.5. The first-order chi connectivity index (χ1) is 6.33. The summed E-state index contributed by atoms with van der Waals surface area (Å²) in [5.74, 6) is 0.984. The van der Waals surface area contributed by atoms with E-state index in [1.165, 1.54) is 5.39 Å². The SMILES string of the molecule is CCOc1c(C)[nH]c2ccccc12. The summed E-state index contributed by atoms with van der Waals surface area (Å²) in [6, 6.07) is 8.18. The molecule has 0 saturated heterocycles. The molecule has 13 heavy (non-hydrogen) atoms. The minimum Gasteiger partial charge on any atom is -0.491 e. The van der Waals surface area contributed by atoms with Gasteiger partial charge < -0.3 is 9.72 Å². The molecule has 2 nitrogen and oxygen atoms in total. The zero-order valence-electron chi connectivity index (χ0n) is 7.92. The van der Waals surface area contributed by atoms with Gasteiger partial charge in [-0.1, -0.05) is 12.1 Å². The zero-order valence-corrected chi connectivity index (χ0v) is 7.92. The number of ether oxygens (including phenoxy) is 1. The Morgan fingerprint density at radius 2 is 2.08 bits per heavy atom. The van der Waals surface area contributed by atoms with Crippen LogP contribution in [0.25, 0.3) is 10.9 Å². The predicted molar refractivity (Wildman–Crippen MR) is 54.2 cm³/mol. The molecule has 0 spiro atoms. The molecule has 0 fully saturated rings. The van der Waals surface area contributed by atoms with Crippen LogP contribution in [-0.2, 0) is 0 Å². The topological polar surface area (TPSA) is 25.0 Å². The van der Waals surface area contributed by atoms with Gasteiger partial charge in [0, 0.05) is 10.9 Å². The van der Waals surface area contributed by atoms with Crippen LogP contribution < -0.4 is 4.74 Å². The average molecular weight is 175 g/mol. The molecular formula is C11H13NO. The molecule has 0 amide bonds. The van der Waals surface area contributed by atoms with Crippen molar-refractivity contribution in [2.24, 2.45) is 0 Å². The fourth-order valence-corrected chi connectivity index (χ4v) is 1.58.